The highest BCUT2D eigenvalue weighted by molar-refractivity contribution is 5.94. The lowest BCUT2D eigenvalue weighted by atomic mass is 9.75. The third-order valence-electron chi connectivity index (χ3n) is 5.27. The monoisotopic (exact) mass is 333 g/mol. The number of carbonyl (C=O) groups is 1. The predicted octanol–water partition coefficient (Wildman–Crippen LogP) is 2.01. The van der Waals surface area contributed by atoms with Gasteiger partial charge in [0.25, 0.3) is 0 Å². The number of aliphatic hydroxyl groups excluding tert-OH is 2. The molecule has 132 valence electrons. The molecule has 2 fully saturated rings. The molecule has 2 N–H and O–H groups in total. The van der Waals surface area contributed by atoms with Gasteiger partial charge >= 0.3 is 0 Å². The number of nitrogens with zero attached hydrogens (tertiary/aromatic N) is 1. The Labute approximate surface area is 143 Å². The van der Waals surface area contributed by atoms with Crippen molar-refractivity contribution in [1.29, 1.82) is 0 Å². The van der Waals surface area contributed by atoms with Gasteiger partial charge < -0.3 is 14.9 Å². The van der Waals surface area contributed by atoms with E-state index in [2.05, 4.69) is 4.90 Å². The lowest BCUT2D eigenvalue weighted by Gasteiger charge is -2.50. The van der Waals surface area contributed by atoms with E-state index in [9.17, 15) is 15.0 Å². The largest absolute Gasteiger partial charge is 0.491 e. The van der Waals surface area contributed by atoms with Crippen molar-refractivity contribution in [2.75, 3.05) is 19.8 Å². The van der Waals surface area contributed by atoms with Gasteiger partial charge in [-0.2, -0.15) is 0 Å². The van der Waals surface area contributed by atoms with E-state index in [1.165, 1.54) is 6.92 Å². The van der Waals surface area contributed by atoms with Crippen molar-refractivity contribution in [2.45, 2.75) is 56.7 Å². The molecule has 1 aromatic rings. The zero-order chi connectivity index (χ0) is 17.2. The van der Waals surface area contributed by atoms with Crippen LogP contribution in [0.2, 0.25) is 0 Å². The number of hydrogen-bond donors (Lipinski definition) is 2. The van der Waals surface area contributed by atoms with Crippen LogP contribution in [0.1, 0.15) is 49.4 Å². The van der Waals surface area contributed by atoms with Gasteiger partial charge in [-0.1, -0.05) is 12.1 Å². The van der Waals surface area contributed by atoms with Crippen LogP contribution in [-0.4, -0.2) is 58.3 Å². The van der Waals surface area contributed by atoms with E-state index >= 15 is 0 Å². The van der Waals surface area contributed by atoms with E-state index in [1.807, 2.05) is 0 Å². The molecule has 5 heteroatoms. The van der Waals surface area contributed by atoms with Crippen LogP contribution in [0, 0.1) is 0 Å². The molecule has 0 spiro atoms. The third-order valence-corrected chi connectivity index (χ3v) is 5.27. The van der Waals surface area contributed by atoms with Gasteiger partial charge in [-0.15, -0.1) is 0 Å². The van der Waals surface area contributed by atoms with Gasteiger partial charge in [-0.05, 0) is 51.2 Å². The maximum atomic E-state index is 11.4. The second kappa shape index (κ2) is 7.21. The molecule has 24 heavy (non-hydrogen) atoms. The summed E-state index contributed by atoms with van der Waals surface area (Å²) >= 11 is 0. The van der Waals surface area contributed by atoms with Crippen LogP contribution in [0.25, 0.3) is 0 Å². The molecule has 0 saturated heterocycles. The summed E-state index contributed by atoms with van der Waals surface area (Å²) in [7, 11) is 0. The highest BCUT2D eigenvalue weighted by Gasteiger charge is 2.48. The smallest absolute Gasteiger partial charge is 0.159 e. The van der Waals surface area contributed by atoms with Gasteiger partial charge in [0.15, 0.2) is 5.78 Å². The van der Waals surface area contributed by atoms with Gasteiger partial charge in [-0.25, -0.2) is 0 Å². The fraction of sp³-hybridized carbons (Fsp3) is 0.632. The molecule has 1 aromatic carbocycles. The lowest BCUT2D eigenvalue weighted by Crippen LogP contribution is -2.59. The minimum Gasteiger partial charge on any atom is -0.491 e. The number of β-amino-alcohol motifs (C(OH)–C–C–N with tert-alkyl or cyclic N) is 1. The summed E-state index contributed by atoms with van der Waals surface area (Å²) in [6, 6.07) is 7.52. The second-order valence-electron chi connectivity index (χ2n) is 7.17. The standard InChI is InChI=1S/C19H27NO4/c1-14(22)15-4-2-5-18(10-15)24-12-17(23)11-20(16-6-7-16)19(13-21)8-3-9-19/h2,4-5,10,16-17,21,23H,3,6-9,11-13H2,1H3/t17-/m0/s1. The van der Waals surface area contributed by atoms with Crippen molar-refractivity contribution in [3.63, 3.8) is 0 Å². The third kappa shape index (κ3) is 3.79. The van der Waals surface area contributed by atoms with Crippen molar-refractivity contribution in [1.82, 2.24) is 4.90 Å². The number of hydrogen-bond acceptors (Lipinski definition) is 5. The number of carbonyl (C=O) groups excluding carboxylic acids is 1. The van der Waals surface area contributed by atoms with E-state index in [-0.39, 0.29) is 24.5 Å². The fourth-order valence-electron chi connectivity index (χ4n) is 3.51. The Bertz CT molecular complexity index is 575. The average Bonchev–Trinajstić information content (AvgIpc) is 3.36. The molecule has 3 rings (SSSR count). The Kier molecular flexibility index (Phi) is 5.23. The Morgan fingerprint density at radius 2 is 2.17 bits per heavy atom. The molecule has 1 atom stereocenters. The van der Waals surface area contributed by atoms with E-state index in [0.29, 0.717) is 23.9 Å². The fourth-order valence-corrected chi connectivity index (χ4v) is 3.51. The van der Waals surface area contributed by atoms with Crippen molar-refractivity contribution in [3.8, 4) is 5.75 Å². The van der Waals surface area contributed by atoms with E-state index in [1.54, 1.807) is 24.3 Å². The van der Waals surface area contributed by atoms with Crippen LogP contribution in [0.15, 0.2) is 24.3 Å². The number of Topliss-reactive ketones (excluding diaryl/α,β-unsaturated/α-hetero) is 1. The second-order valence-corrected chi connectivity index (χ2v) is 7.17. The van der Waals surface area contributed by atoms with Gasteiger partial charge in [0.2, 0.25) is 0 Å². The molecule has 2 aliphatic carbocycles. The van der Waals surface area contributed by atoms with Gasteiger partial charge in [0, 0.05) is 23.7 Å². The van der Waals surface area contributed by atoms with Crippen LogP contribution in [0.5, 0.6) is 5.75 Å². The van der Waals surface area contributed by atoms with Crippen LogP contribution < -0.4 is 4.74 Å². The molecule has 2 aliphatic rings. The van der Waals surface area contributed by atoms with E-state index in [4.69, 9.17) is 4.74 Å². The number of ether oxygens (including phenoxy) is 1. The zero-order valence-electron chi connectivity index (χ0n) is 14.3. The minimum absolute atomic E-state index is 0.00391. The Hall–Kier alpha value is -1.43. The van der Waals surface area contributed by atoms with Crippen LogP contribution in [0.4, 0.5) is 0 Å². The number of benzene rings is 1. The summed E-state index contributed by atoms with van der Waals surface area (Å²) < 4.78 is 5.67. The molecule has 0 bridgehead atoms. The summed E-state index contributed by atoms with van der Waals surface area (Å²) in [5.41, 5.74) is 0.478. The normalized spacial score (nSPS) is 20.5. The maximum absolute atomic E-state index is 11.4. The van der Waals surface area contributed by atoms with Crippen molar-refractivity contribution < 1.29 is 19.7 Å². The SMILES string of the molecule is CC(=O)c1cccc(OC[C@@H](O)CN(C2CC2)C2(CO)CCC2)c1. The zero-order valence-corrected chi connectivity index (χ0v) is 14.3. The van der Waals surface area contributed by atoms with Crippen molar-refractivity contribution >= 4 is 5.78 Å². The molecular weight excluding hydrogens is 306 g/mol. The first-order chi connectivity index (χ1) is 11.5. The summed E-state index contributed by atoms with van der Waals surface area (Å²) in [5.74, 6) is 0.594. The molecule has 0 radical (unpaired) electrons. The summed E-state index contributed by atoms with van der Waals surface area (Å²) in [5, 5.41) is 20.2. The first-order valence-electron chi connectivity index (χ1n) is 8.83. The van der Waals surface area contributed by atoms with Crippen LogP contribution in [0.3, 0.4) is 0 Å². The first kappa shape index (κ1) is 17.4. The van der Waals surface area contributed by atoms with Gasteiger partial charge in [0.05, 0.1) is 6.61 Å². The lowest BCUT2D eigenvalue weighted by molar-refractivity contribution is -0.0603. The first-order valence-corrected chi connectivity index (χ1v) is 8.83. The van der Waals surface area contributed by atoms with Crippen molar-refractivity contribution in [3.05, 3.63) is 29.8 Å². The molecular formula is C19H27NO4. The molecule has 0 unspecified atom stereocenters. The quantitative estimate of drug-likeness (QED) is 0.677. The Morgan fingerprint density at radius 1 is 1.42 bits per heavy atom. The summed E-state index contributed by atoms with van der Waals surface area (Å²) in [6.07, 6.45) is 4.85. The molecule has 5 nitrogen and oxygen atoms in total. The summed E-state index contributed by atoms with van der Waals surface area (Å²) in [6.45, 7) is 2.40. The number of rotatable bonds is 9. The van der Waals surface area contributed by atoms with E-state index < -0.39 is 6.10 Å². The van der Waals surface area contributed by atoms with Gasteiger partial charge in [-0.3, -0.25) is 9.69 Å². The Balaban J connectivity index is 1.55. The minimum atomic E-state index is -0.615. The summed E-state index contributed by atoms with van der Waals surface area (Å²) in [4.78, 5) is 13.7. The number of aliphatic hydroxyl groups is 2. The maximum Gasteiger partial charge on any atom is 0.159 e. The Morgan fingerprint density at radius 3 is 2.71 bits per heavy atom. The molecule has 0 aromatic heterocycles. The highest BCUT2D eigenvalue weighted by Crippen LogP contribution is 2.43. The van der Waals surface area contributed by atoms with Crippen molar-refractivity contribution in [2.24, 2.45) is 0 Å². The predicted molar refractivity (Wildman–Crippen MR) is 91.3 cm³/mol. The van der Waals surface area contributed by atoms with Gasteiger partial charge in [0.1, 0.15) is 18.5 Å². The topological polar surface area (TPSA) is 70.0 Å². The average molecular weight is 333 g/mol. The van der Waals surface area contributed by atoms with Crippen LogP contribution in [-0.2, 0) is 0 Å². The van der Waals surface area contributed by atoms with Crippen LogP contribution >= 0.6 is 0 Å². The molecule has 0 aliphatic heterocycles. The number of ketones is 1. The van der Waals surface area contributed by atoms with E-state index in [0.717, 1.165) is 32.1 Å². The molecule has 0 amide bonds. The molecule has 0 heterocycles. The molecule has 2 saturated carbocycles. The highest BCUT2D eigenvalue weighted by atomic mass is 16.5.